The van der Waals surface area contributed by atoms with Gasteiger partial charge in [-0.1, -0.05) is 27.2 Å². The fourth-order valence-corrected chi connectivity index (χ4v) is 1.46. The molecule has 0 aliphatic rings. The molecule has 1 atom stereocenters. The van der Waals surface area contributed by atoms with Crippen molar-refractivity contribution in [3.63, 3.8) is 0 Å². The number of hydrogen-bond donors (Lipinski definition) is 0. The summed E-state index contributed by atoms with van der Waals surface area (Å²) in [6, 6.07) is 0.588. The summed E-state index contributed by atoms with van der Waals surface area (Å²) in [4.78, 5) is 4.38. The van der Waals surface area contributed by atoms with E-state index in [0.717, 1.165) is 0 Å². The Morgan fingerprint density at radius 1 is 1.38 bits per heavy atom. The van der Waals surface area contributed by atoms with Crippen LogP contribution in [0.25, 0.3) is 0 Å². The van der Waals surface area contributed by atoms with Gasteiger partial charge in [-0.3, -0.25) is 0 Å². The predicted octanol–water partition coefficient (Wildman–Crippen LogP) is 3.37. The molecule has 0 saturated carbocycles. The Bertz CT molecular complexity index is 250. The van der Waals surface area contributed by atoms with E-state index >= 15 is 0 Å². The largest absolute Gasteiger partial charge is 0.334 e. The van der Waals surface area contributed by atoms with E-state index in [9.17, 15) is 0 Å². The summed E-state index contributed by atoms with van der Waals surface area (Å²) in [6.45, 7) is 8.82. The van der Waals surface area contributed by atoms with E-state index in [1.54, 1.807) is 0 Å². The van der Waals surface area contributed by atoms with Crippen LogP contribution in [0.5, 0.6) is 0 Å². The van der Waals surface area contributed by atoms with E-state index in [1.165, 1.54) is 18.5 Å². The molecule has 0 N–H and O–H groups in total. The molecule has 0 spiro atoms. The van der Waals surface area contributed by atoms with E-state index in [-0.39, 0.29) is 0 Å². The van der Waals surface area contributed by atoms with Crippen LogP contribution in [0.1, 0.15) is 58.2 Å². The highest BCUT2D eigenvalue weighted by Crippen LogP contribution is 2.16. The van der Waals surface area contributed by atoms with Crippen LogP contribution in [0, 0.1) is 0 Å². The molecular weight excluding hydrogens is 160 g/mol. The van der Waals surface area contributed by atoms with Crippen molar-refractivity contribution in [2.75, 3.05) is 0 Å². The monoisotopic (exact) mass is 180 g/mol. The van der Waals surface area contributed by atoms with Crippen molar-refractivity contribution >= 4 is 0 Å². The highest BCUT2D eigenvalue weighted by atomic mass is 15.1. The molecule has 1 unspecified atom stereocenters. The molecule has 0 bridgehead atoms. The van der Waals surface area contributed by atoms with Gasteiger partial charge >= 0.3 is 0 Å². The molecule has 0 aliphatic heterocycles. The van der Waals surface area contributed by atoms with E-state index < -0.39 is 0 Å². The second-order valence-electron chi connectivity index (χ2n) is 4.04. The molecule has 2 heteroatoms. The molecule has 1 rings (SSSR count). The maximum absolute atomic E-state index is 4.38. The van der Waals surface area contributed by atoms with Crippen LogP contribution < -0.4 is 0 Å². The number of hydrogen-bond acceptors (Lipinski definition) is 1. The quantitative estimate of drug-likeness (QED) is 0.694. The number of aromatic nitrogens is 2. The Hall–Kier alpha value is -0.790. The van der Waals surface area contributed by atoms with Gasteiger partial charge in [-0.15, -0.1) is 0 Å². The predicted molar refractivity (Wildman–Crippen MR) is 55.9 cm³/mol. The molecule has 2 nitrogen and oxygen atoms in total. The molecule has 0 saturated heterocycles. The average molecular weight is 180 g/mol. The third-order valence-electron chi connectivity index (χ3n) is 2.43. The molecule has 13 heavy (non-hydrogen) atoms. The summed E-state index contributed by atoms with van der Waals surface area (Å²) < 4.78 is 2.22. The van der Waals surface area contributed by atoms with Gasteiger partial charge in [0.05, 0.1) is 12.0 Å². The smallest absolute Gasteiger partial charge is 0.0952 e. The maximum Gasteiger partial charge on any atom is 0.0952 e. The first-order valence-corrected chi connectivity index (χ1v) is 5.18. The second-order valence-corrected chi connectivity index (χ2v) is 4.04. The fraction of sp³-hybridized carbons (Fsp3) is 0.727. The van der Waals surface area contributed by atoms with Gasteiger partial charge in [0.1, 0.15) is 0 Å². The maximum atomic E-state index is 4.38. The highest BCUT2D eigenvalue weighted by molar-refractivity contribution is 5.02. The molecule has 74 valence electrons. The van der Waals surface area contributed by atoms with Gasteiger partial charge in [-0.25, -0.2) is 4.98 Å². The van der Waals surface area contributed by atoms with Crippen LogP contribution in [-0.4, -0.2) is 9.55 Å². The van der Waals surface area contributed by atoms with Gasteiger partial charge in [0, 0.05) is 12.2 Å². The summed E-state index contributed by atoms with van der Waals surface area (Å²) in [6.07, 6.45) is 6.59. The third kappa shape index (κ3) is 2.58. The molecule has 1 aromatic rings. The molecule has 0 radical (unpaired) electrons. The Labute approximate surface area is 81.0 Å². The Morgan fingerprint density at radius 2 is 2.08 bits per heavy atom. The zero-order chi connectivity index (χ0) is 9.84. The highest BCUT2D eigenvalue weighted by Gasteiger charge is 2.06. The minimum absolute atomic E-state index is 0.537. The van der Waals surface area contributed by atoms with Gasteiger partial charge in [-0.05, 0) is 19.3 Å². The summed E-state index contributed by atoms with van der Waals surface area (Å²) in [5, 5.41) is 0. The molecule has 1 aromatic heterocycles. The molecule has 0 amide bonds. The molecule has 0 aliphatic carbocycles. The van der Waals surface area contributed by atoms with Crippen molar-refractivity contribution in [2.45, 2.75) is 52.5 Å². The number of rotatable bonds is 4. The Balaban J connectivity index is 2.67. The number of nitrogens with zero attached hydrogens (tertiary/aromatic N) is 2. The zero-order valence-corrected chi connectivity index (χ0v) is 9.12. The summed E-state index contributed by atoms with van der Waals surface area (Å²) in [5.74, 6) is 0.537. The Kier molecular flexibility index (Phi) is 3.52. The lowest BCUT2D eigenvalue weighted by atomic mass is 10.1. The van der Waals surface area contributed by atoms with Crippen molar-refractivity contribution in [3.8, 4) is 0 Å². The van der Waals surface area contributed by atoms with Gasteiger partial charge in [0.15, 0.2) is 0 Å². The van der Waals surface area contributed by atoms with E-state index in [1.807, 2.05) is 6.33 Å². The minimum Gasteiger partial charge on any atom is -0.334 e. The van der Waals surface area contributed by atoms with Gasteiger partial charge in [0.2, 0.25) is 0 Å². The van der Waals surface area contributed by atoms with Crippen LogP contribution in [0.3, 0.4) is 0 Å². The zero-order valence-electron chi connectivity index (χ0n) is 9.12. The lowest BCUT2D eigenvalue weighted by Gasteiger charge is -2.10. The lowest BCUT2D eigenvalue weighted by Crippen LogP contribution is -2.01. The van der Waals surface area contributed by atoms with Gasteiger partial charge in [0.25, 0.3) is 0 Å². The summed E-state index contributed by atoms with van der Waals surface area (Å²) >= 11 is 0. The molecule has 0 aromatic carbocycles. The van der Waals surface area contributed by atoms with Crippen molar-refractivity contribution in [1.82, 2.24) is 9.55 Å². The van der Waals surface area contributed by atoms with Crippen LogP contribution in [0.2, 0.25) is 0 Å². The SMILES string of the molecule is CCCC(C)n1cnc(C(C)C)c1. The third-order valence-corrected chi connectivity index (χ3v) is 2.43. The first-order chi connectivity index (χ1) is 6.15. The van der Waals surface area contributed by atoms with Crippen LogP contribution >= 0.6 is 0 Å². The minimum atomic E-state index is 0.537. The average Bonchev–Trinajstić information content (AvgIpc) is 2.52. The van der Waals surface area contributed by atoms with Crippen LogP contribution in [0.4, 0.5) is 0 Å². The van der Waals surface area contributed by atoms with Crippen LogP contribution in [-0.2, 0) is 0 Å². The Morgan fingerprint density at radius 3 is 2.54 bits per heavy atom. The first-order valence-electron chi connectivity index (χ1n) is 5.18. The van der Waals surface area contributed by atoms with Crippen molar-refractivity contribution in [3.05, 3.63) is 18.2 Å². The second kappa shape index (κ2) is 4.45. The van der Waals surface area contributed by atoms with Crippen molar-refractivity contribution in [2.24, 2.45) is 0 Å². The standard InChI is InChI=1S/C11H20N2/c1-5-6-10(4)13-7-11(9(2)3)12-8-13/h7-10H,5-6H2,1-4H3. The van der Waals surface area contributed by atoms with Gasteiger partial charge in [-0.2, -0.15) is 0 Å². The van der Waals surface area contributed by atoms with Crippen molar-refractivity contribution < 1.29 is 0 Å². The lowest BCUT2D eigenvalue weighted by molar-refractivity contribution is 0.499. The first kappa shape index (κ1) is 10.3. The topological polar surface area (TPSA) is 17.8 Å². The van der Waals surface area contributed by atoms with Crippen molar-refractivity contribution in [1.29, 1.82) is 0 Å². The number of imidazole rings is 1. The molecular formula is C11H20N2. The summed E-state index contributed by atoms with van der Waals surface area (Å²) in [7, 11) is 0. The van der Waals surface area contributed by atoms with E-state index in [4.69, 9.17) is 0 Å². The van der Waals surface area contributed by atoms with E-state index in [2.05, 4.69) is 43.4 Å². The molecule has 0 fully saturated rings. The normalized spacial score (nSPS) is 13.6. The van der Waals surface area contributed by atoms with E-state index in [0.29, 0.717) is 12.0 Å². The molecule has 1 heterocycles. The van der Waals surface area contributed by atoms with Gasteiger partial charge < -0.3 is 4.57 Å². The van der Waals surface area contributed by atoms with Crippen LogP contribution in [0.15, 0.2) is 12.5 Å². The fourth-order valence-electron chi connectivity index (χ4n) is 1.46. The summed E-state index contributed by atoms with van der Waals surface area (Å²) in [5.41, 5.74) is 1.20.